The van der Waals surface area contributed by atoms with Gasteiger partial charge in [-0.25, -0.2) is 13.6 Å². The van der Waals surface area contributed by atoms with Crippen molar-refractivity contribution < 1.29 is 37.7 Å². The molecule has 184 valence electrons. The van der Waals surface area contributed by atoms with Gasteiger partial charge in [0.1, 0.15) is 17.9 Å². The molecule has 0 aromatic carbocycles. The van der Waals surface area contributed by atoms with Crippen molar-refractivity contribution in [3.63, 3.8) is 0 Å². The van der Waals surface area contributed by atoms with Crippen molar-refractivity contribution in [1.82, 2.24) is 25.3 Å². The number of amides is 2. The number of halogens is 2. The zero-order valence-electron chi connectivity index (χ0n) is 18.2. The normalized spacial score (nSPS) is 29.3. The molecule has 3 aliphatic carbocycles. The highest BCUT2D eigenvalue weighted by atomic mass is 19.3. The molecule has 34 heavy (non-hydrogen) atoms. The molecule has 12 nitrogen and oxygen atoms in total. The van der Waals surface area contributed by atoms with Gasteiger partial charge in [0.05, 0.1) is 23.4 Å². The lowest BCUT2D eigenvalue weighted by molar-refractivity contribution is -0.217. The third-order valence-electron chi connectivity index (χ3n) is 6.24. The summed E-state index contributed by atoms with van der Waals surface area (Å²) in [4.78, 5) is 24.7. The molecular formula is C20H24F2N6O6. The summed E-state index contributed by atoms with van der Waals surface area (Å²) in [7, 11) is 1.48. The van der Waals surface area contributed by atoms with Gasteiger partial charge in [-0.2, -0.15) is 5.10 Å². The van der Waals surface area contributed by atoms with Crippen molar-refractivity contribution in [3.8, 4) is 5.88 Å². The van der Waals surface area contributed by atoms with E-state index >= 15 is 0 Å². The minimum Gasteiger partial charge on any atom is -0.471 e. The van der Waals surface area contributed by atoms with Crippen LogP contribution in [0.3, 0.4) is 0 Å². The molecular weight excluding hydrogens is 458 g/mol. The molecule has 1 aliphatic heterocycles. The monoisotopic (exact) mass is 482 g/mol. The number of ether oxygens (including phenoxy) is 3. The van der Waals surface area contributed by atoms with Gasteiger partial charge in [-0.1, -0.05) is 0 Å². The van der Waals surface area contributed by atoms with Crippen LogP contribution >= 0.6 is 0 Å². The fourth-order valence-corrected chi connectivity index (χ4v) is 4.78. The molecule has 2 bridgehead atoms. The summed E-state index contributed by atoms with van der Waals surface area (Å²) in [6, 6.07) is 2.85. The Labute approximate surface area is 191 Å². The molecule has 14 heteroatoms. The third-order valence-corrected chi connectivity index (χ3v) is 6.24. The number of aromatic nitrogens is 4. The molecule has 4 fully saturated rings. The highest BCUT2D eigenvalue weighted by Gasteiger charge is 2.68. The number of aryl methyl sites for hydroxylation is 1. The second-order valence-corrected chi connectivity index (χ2v) is 9.10. The number of anilines is 1. The molecule has 2 atom stereocenters. The van der Waals surface area contributed by atoms with Crippen LogP contribution in [0.4, 0.5) is 19.4 Å². The van der Waals surface area contributed by atoms with E-state index in [4.69, 9.17) is 14.2 Å². The van der Waals surface area contributed by atoms with Crippen LogP contribution in [0.2, 0.25) is 0 Å². The summed E-state index contributed by atoms with van der Waals surface area (Å²) in [5.74, 6) is -0.415. The predicted molar refractivity (Wildman–Crippen MR) is 109 cm³/mol. The van der Waals surface area contributed by atoms with Gasteiger partial charge in [0, 0.05) is 25.6 Å². The summed E-state index contributed by atoms with van der Waals surface area (Å²) in [5.41, 5.74) is -0.246. The average Bonchev–Trinajstić information content (AvgIpc) is 3.44. The predicted octanol–water partition coefficient (Wildman–Crippen LogP) is 1.26. The molecule has 6 rings (SSSR count). The van der Waals surface area contributed by atoms with Gasteiger partial charge in [-0.3, -0.25) is 14.6 Å². The lowest BCUT2D eigenvalue weighted by Gasteiger charge is -2.67. The van der Waals surface area contributed by atoms with Crippen LogP contribution < -0.4 is 15.4 Å². The Morgan fingerprint density at radius 3 is 2.85 bits per heavy atom. The Kier molecular flexibility index (Phi) is 5.43. The van der Waals surface area contributed by atoms with E-state index in [0.717, 1.165) is 0 Å². The van der Waals surface area contributed by atoms with Gasteiger partial charge >= 0.3 is 6.09 Å². The first-order valence-corrected chi connectivity index (χ1v) is 10.8. The highest BCUT2D eigenvalue weighted by molar-refractivity contribution is 6.02. The molecule has 2 aromatic rings. The Balaban J connectivity index is 1.11. The van der Waals surface area contributed by atoms with Gasteiger partial charge in [-0.15, -0.1) is 5.10 Å². The zero-order valence-corrected chi connectivity index (χ0v) is 18.2. The average molecular weight is 482 g/mol. The van der Waals surface area contributed by atoms with Gasteiger partial charge in [0.25, 0.3) is 12.3 Å². The van der Waals surface area contributed by atoms with E-state index in [0.29, 0.717) is 31.4 Å². The Morgan fingerprint density at radius 1 is 1.38 bits per heavy atom. The molecule has 4 aliphatic rings. The first kappa shape index (κ1) is 22.5. The van der Waals surface area contributed by atoms with Crippen LogP contribution in [0.15, 0.2) is 12.1 Å². The van der Waals surface area contributed by atoms with E-state index in [1.807, 2.05) is 0 Å². The number of alkyl carbamates (subject to hydrolysis) is 1. The molecule has 0 spiro atoms. The van der Waals surface area contributed by atoms with Crippen LogP contribution in [-0.2, 0) is 16.5 Å². The number of H-pyrrole nitrogens is 1. The number of aromatic amines is 1. The number of rotatable bonds is 8. The quantitative estimate of drug-likeness (QED) is 0.439. The maximum Gasteiger partial charge on any atom is 0.407 e. The maximum absolute atomic E-state index is 12.5. The van der Waals surface area contributed by atoms with E-state index in [1.165, 1.54) is 17.8 Å². The summed E-state index contributed by atoms with van der Waals surface area (Å²) in [5, 5.41) is 25.9. The summed E-state index contributed by atoms with van der Waals surface area (Å²) in [6.07, 6.45) is -1.94. The van der Waals surface area contributed by atoms with Crippen LogP contribution in [0.25, 0.3) is 0 Å². The minimum absolute atomic E-state index is 0.0880. The first-order valence-electron chi connectivity index (χ1n) is 10.8. The number of nitrogens with zero attached hydrogens (tertiary/aromatic N) is 3. The summed E-state index contributed by atoms with van der Waals surface area (Å²) < 4.78 is 41.8. The number of hydrogen-bond acceptors (Lipinski definition) is 8. The minimum atomic E-state index is -2.65. The third kappa shape index (κ3) is 4.42. The SMILES string of the molecule is Cn1nc(OCC(F)F)cc1C(=O)Nc1cc([C@@H]2C[C@H](OC(=O)NC34CC(O)(C3)C4)CO2)[nH]n1. The maximum atomic E-state index is 12.5. The van der Waals surface area contributed by atoms with E-state index in [2.05, 4.69) is 25.9 Å². The smallest absolute Gasteiger partial charge is 0.407 e. The Hall–Kier alpha value is -3.26. The van der Waals surface area contributed by atoms with Crippen molar-refractivity contribution in [2.24, 2.45) is 7.05 Å². The number of alkyl halides is 2. The second kappa shape index (κ2) is 8.20. The van der Waals surface area contributed by atoms with Gasteiger partial charge in [-0.05, 0) is 19.3 Å². The number of hydrogen-bond donors (Lipinski definition) is 4. The highest BCUT2D eigenvalue weighted by Crippen LogP contribution is 2.60. The lowest BCUT2D eigenvalue weighted by atomic mass is 9.46. The van der Waals surface area contributed by atoms with Crippen molar-refractivity contribution in [3.05, 3.63) is 23.5 Å². The van der Waals surface area contributed by atoms with Gasteiger partial charge in [0.15, 0.2) is 12.4 Å². The molecule has 3 heterocycles. The zero-order chi connectivity index (χ0) is 24.1. The second-order valence-electron chi connectivity index (χ2n) is 9.10. The van der Waals surface area contributed by atoms with Crippen LogP contribution in [0.1, 0.15) is 48.0 Å². The standard InChI is InChI=1S/C20H24F2N6O6/c1-28-12(4-16(27-28)33-6-14(21)22)17(29)23-15-3-11(25-26-15)13-2-10(5-32-13)34-18(30)24-19-7-20(31,8-19)9-19/h3-4,10,13-14,31H,2,5-9H2,1H3,(H,24,30)(H2,23,25,26,29)/t10-,13-,19?,20?/m0/s1. The van der Waals surface area contributed by atoms with E-state index in [-0.39, 0.29) is 29.5 Å². The van der Waals surface area contributed by atoms with Crippen molar-refractivity contribution >= 4 is 17.8 Å². The van der Waals surface area contributed by atoms with Crippen LogP contribution in [0.5, 0.6) is 5.88 Å². The topological polar surface area (TPSA) is 153 Å². The van der Waals surface area contributed by atoms with Crippen molar-refractivity contribution in [1.29, 1.82) is 0 Å². The van der Waals surface area contributed by atoms with Gasteiger partial charge < -0.3 is 30.0 Å². The van der Waals surface area contributed by atoms with Crippen molar-refractivity contribution in [2.45, 2.75) is 55.5 Å². The molecule has 1 saturated heterocycles. The van der Waals surface area contributed by atoms with Gasteiger partial charge in [0.2, 0.25) is 5.88 Å². The fraction of sp³-hybridized carbons (Fsp3) is 0.600. The Morgan fingerprint density at radius 2 is 2.15 bits per heavy atom. The molecule has 4 N–H and O–H groups in total. The van der Waals surface area contributed by atoms with E-state index in [1.54, 1.807) is 6.07 Å². The number of carbonyl (C=O) groups is 2. The number of nitrogens with one attached hydrogen (secondary N) is 3. The molecule has 2 amide bonds. The number of carbonyl (C=O) groups excluding carboxylic acids is 2. The first-order chi connectivity index (χ1) is 16.1. The summed E-state index contributed by atoms with van der Waals surface area (Å²) >= 11 is 0. The van der Waals surface area contributed by atoms with Crippen LogP contribution in [0, 0.1) is 0 Å². The lowest BCUT2D eigenvalue weighted by Crippen LogP contribution is -2.78. The van der Waals surface area contributed by atoms with Crippen molar-refractivity contribution in [2.75, 3.05) is 18.5 Å². The molecule has 0 unspecified atom stereocenters. The molecule has 3 saturated carbocycles. The molecule has 0 radical (unpaired) electrons. The van der Waals surface area contributed by atoms with E-state index in [9.17, 15) is 23.5 Å². The largest absolute Gasteiger partial charge is 0.471 e. The summed E-state index contributed by atoms with van der Waals surface area (Å²) in [6.45, 7) is -0.606. The van der Waals surface area contributed by atoms with E-state index < -0.39 is 42.8 Å². The van der Waals surface area contributed by atoms with Crippen LogP contribution in [-0.4, -0.2) is 74.0 Å². The fourth-order valence-electron chi connectivity index (χ4n) is 4.78. The molecule has 2 aromatic heterocycles. The number of aliphatic hydroxyl groups is 1. The Bertz CT molecular complexity index is 1080.